The van der Waals surface area contributed by atoms with Crippen LogP contribution in [-0.4, -0.2) is 35.9 Å². The van der Waals surface area contributed by atoms with Crippen LogP contribution in [0.4, 0.5) is 5.69 Å². The van der Waals surface area contributed by atoms with Crippen LogP contribution in [0.3, 0.4) is 0 Å². The number of aromatic nitrogens is 2. The van der Waals surface area contributed by atoms with E-state index >= 15 is 0 Å². The van der Waals surface area contributed by atoms with E-state index in [0.29, 0.717) is 41.1 Å². The predicted octanol–water partition coefficient (Wildman–Crippen LogP) is 5.23. The van der Waals surface area contributed by atoms with Crippen molar-refractivity contribution in [1.82, 2.24) is 9.55 Å². The number of rotatable bonds is 6. The molecule has 1 aliphatic heterocycles. The Morgan fingerprint density at radius 3 is 2.45 bits per heavy atom. The Labute approximate surface area is 202 Å². The first kappa shape index (κ1) is 22.0. The molecular weight excluding hydrogens is 454 g/mol. The zero-order valence-corrected chi connectivity index (χ0v) is 19.7. The highest BCUT2D eigenvalue weighted by atomic mass is 35.5. The second-order valence-electron chi connectivity index (χ2n) is 7.99. The average Bonchev–Trinajstić information content (AvgIpc) is 2.87. The molecule has 7 heteroatoms. The van der Waals surface area contributed by atoms with Crippen LogP contribution >= 0.6 is 23.4 Å². The molecule has 1 aliphatic rings. The normalized spacial score (nSPS) is 14.0. The van der Waals surface area contributed by atoms with Gasteiger partial charge in [0.2, 0.25) is 0 Å². The molecule has 0 spiro atoms. The van der Waals surface area contributed by atoms with E-state index in [1.165, 1.54) is 0 Å². The lowest BCUT2D eigenvalue weighted by Gasteiger charge is -2.29. The van der Waals surface area contributed by atoms with Gasteiger partial charge < -0.3 is 9.64 Å². The number of nitrogens with zero attached hydrogens (tertiary/aromatic N) is 3. The van der Waals surface area contributed by atoms with Gasteiger partial charge in [-0.1, -0.05) is 65.8 Å². The number of thioether (sulfide) groups is 1. The fourth-order valence-corrected chi connectivity index (χ4v) is 5.03. The van der Waals surface area contributed by atoms with Crippen LogP contribution < -0.4 is 10.5 Å². The maximum Gasteiger partial charge on any atom is 0.262 e. The Hall–Kier alpha value is -2.80. The molecule has 0 atom stereocenters. The summed E-state index contributed by atoms with van der Waals surface area (Å²) >= 11 is 7.59. The molecule has 3 aromatic carbocycles. The molecule has 1 fully saturated rings. The summed E-state index contributed by atoms with van der Waals surface area (Å²) in [6, 6.07) is 23.8. The van der Waals surface area contributed by atoms with Crippen LogP contribution in [0.1, 0.15) is 11.1 Å². The largest absolute Gasteiger partial charge is 0.378 e. The van der Waals surface area contributed by atoms with Gasteiger partial charge in [-0.05, 0) is 41.5 Å². The average molecular weight is 478 g/mol. The van der Waals surface area contributed by atoms with Crippen LogP contribution in [0.25, 0.3) is 10.9 Å². The van der Waals surface area contributed by atoms with Crippen LogP contribution in [-0.2, 0) is 17.0 Å². The Balaban J connectivity index is 1.54. The van der Waals surface area contributed by atoms with E-state index in [9.17, 15) is 4.79 Å². The van der Waals surface area contributed by atoms with Crippen molar-refractivity contribution in [1.29, 1.82) is 0 Å². The summed E-state index contributed by atoms with van der Waals surface area (Å²) in [5.41, 5.74) is 3.95. The first-order valence-electron chi connectivity index (χ1n) is 11.0. The van der Waals surface area contributed by atoms with E-state index in [1.807, 2.05) is 66.7 Å². The summed E-state index contributed by atoms with van der Waals surface area (Å²) in [6.07, 6.45) is 0. The number of hydrogen-bond acceptors (Lipinski definition) is 5. The molecule has 33 heavy (non-hydrogen) atoms. The third-order valence-corrected chi connectivity index (χ3v) is 7.04. The molecule has 5 nitrogen and oxygen atoms in total. The van der Waals surface area contributed by atoms with E-state index in [-0.39, 0.29) is 5.56 Å². The van der Waals surface area contributed by atoms with Crippen molar-refractivity contribution in [3.8, 4) is 0 Å². The zero-order chi connectivity index (χ0) is 22.6. The molecule has 168 valence electrons. The molecule has 0 unspecified atom stereocenters. The number of hydrogen-bond donors (Lipinski definition) is 0. The number of fused-ring (bicyclic) bond motifs is 1. The number of halogens is 1. The first-order chi connectivity index (χ1) is 16.2. The topological polar surface area (TPSA) is 47.4 Å². The SMILES string of the molecule is O=c1c2cc(N3CCOCC3)ccc2nc(SCc2ccc(Cl)cc2)n1Cc1ccccc1. The lowest BCUT2D eigenvalue weighted by molar-refractivity contribution is 0.122. The number of anilines is 1. The highest BCUT2D eigenvalue weighted by Crippen LogP contribution is 2.26. The Morgan fingerprint density at radius 1 is 0.939 bits per heavy atom. The molecule has 0 N–H and O–H groups in total. The number of morpholine rings is 1. The van der Waals surface area contributed by atoms with Crippen molar-refractivity contribution in [2.24, 2.45) is 0 Å². The molecule has 2 heterocycles. The molecule has 0 saturated carbocycles. The van der Waals surface area contributed by atoms with E-state index in [4.69, 9.17) is 21.3 Å². The van der Waals surface area contributed by atoms with Crippen LogP contribution in [0.15, 0.2) is 82.7 Å². The summed E-state index contributed by atoms with van der Waals surface area (Å²) in [7, 11) is 0. The van der Waals surface area contributed by atoms with Crippen molar-refractivity contribution in [2.45, 2.75) is 17.5 Å². The van der Waals surface area contributed by atoms with E-state index in [2.05, 4.69) is 11.0 Å². The minimum Gasteiger partial charge on any atom is -0.378 e. The maximum absolute atomic E-state index is 13.7. The van der Waals surface area contributed by atoms with Gasteiger partial charge in [0.05, 0.1) is 30.7 Å². The summed E-state index contributed by atoms with van der Waals surface area (Å²) in [5.74, 6) is 0.704. The molecule has 4 aromatic rings. The molecule has 5 rings (SSSR count). The Morgan fingerprint density at radius 2 is 1.70 bits per heavy atom. The van der Waals surface area contributed by atoms with E-state index in [1.54, 1.807) is 16.3 Å². The molecule has 0 aliphatic carbocycles. The highest BCUT2D eigenvalue weighted by molar-refractivity contribution is 7.98. The van der Waals surface area contributed by atoms with Crippen molar-refractivity contribution in [3.63, 3.8) is 0 Å². The molecule has 0 radical (unpaired) electrons. The Kier molecular flexibility index (Phi) is 6.67. The van der Waals surface area contributed by atoms with Gasteiger partial charge in [-0.3, -0.25) is 9.36 Å². The zero-order valence-electron chi connectivity index (χ0n) is 18.1. The summed E-state index contributed by atoms with van der Waals surface area (Å²) in [5, 5.41) is 2.07. The van der Waals surface area contributed by atoms with E-state index in [0.717, 1.165) is 35.4 Å². The number of benzene rings is 3. The lowest BCUT2D eigenvalue weighted by Crippen LogP contribution is -2.36. The second kappa shape index (κ2) is 10.00. The van der Waals surface area contributed by atoms with E-state index < -0.39 is 0 Å². The third-order valence-electron chi connectivity index (χ3n) is 5.74. The van der Waals surface area contributed by atoms with Crippen molar-refractivity contribution >= 4 is 40.0 Å². The first-order valence-corrected chi connectivity index (χ1v) is 12.3. The van der Waals surface area contributed by atoms with Crippen LogP contribution in [0.2, 0.25) is 5.02 Å². The van der Waals surface area contributed by atoms with Crippen molar-refractivity contribution in [3.05, 3.63) is 99.3 Å². The maximum atomic E-state index is 13.7. The van der Waals surface area contributed by atoms with Gasteiger partial charge in [0.1, 0.15) is 0 Å². The number of ether oxygens (including phenoxy) is 1. The highest BCUT2D eigenvalue weighted by Gasteiger charge is 2.16. The van der Waals surface area contributed by atoms with Gasteiger partial charge >= 0.3 is 0 Å². The molecular formula is C26H24ClN3O2S. The predicted molar refractivity (Wildman–Crippen MR) is 136 cm³/mol. The van der Waals surface area contributed by atoms with Crippen molar-refractivity contribution < 1.29 is 4.74 Å². The third kappa shape index (κ3) is 5.08. The molecule has 1 saturated heterocycles. The van der Waals surface area contributed by atoms with Gasteiger partial charge in [0.15, 0.2) is 5.16 Å². The van der Waals surface area contributed by atoms with Gasteiger partial charge in [0.25, 0.3) is 5.56 Å². The van der Waals surface area contributed by atoms with Gasteiger partial charge in [-0.15, -0.1) is 0 Å². The van der Waals surface area contributed by atoms with Crippen molar-refractivity contribution in [2.75, 3.05) is 31.2 Å². The second-order valence-corrected chi connectivity index (χ2v) is 9.37. The summed E-state index contributed by atoms with van der Waals surface area (Å²) < 4.78 is 7.27. The molecule has 0 bridgehead atoms. The van der Waals surface area contributed by atoms with Crippen LogP contribution in [0, 0.1) is 0 Å². The molecule has 1 aromatic heterocycles. The van der Waals surface area contributed by atoms with Gasteiger partial charge in [-0.25, -0.2) is 4.98 Å². The fourth-order valence-electron chi connectivity index (χ4n) is 3.95. The minimum atomic E-state index is -0.0161. The monoisotopic (exact) mass is 477 g/mol. The standard InChI is InChI=1S/C26H24ClN3O2S/c27-21-8-6-20(7-9-21)18-33-26-28-24-11-10-22(29-12-14-32-15-13-29)16-23(24)25(31)30(26)17-19-4-2-1-3-5-19/h1-11,16H,12-15,17-18H2. The quantitative estimate of drug-likeness (QED) is 0.281. The van der Waals surface area contributed by atoms with Gasteiger partial charge in [0, 0.05) is 29.6 Å². The van der Waals surface area contributed by atoms with Gasteiger partial charge in [-0.2, -0.15) is 0 Å². The lowest BCUT2D eigenvalue weighted by atomic mass is 10.2. The summed E-state index contributed by atoms with van der Waals surface area (Å²) in [6.45, 7) is 3.54. The smallest absolute Gasteiger partial charge is 0.262 e. The fraction of sp³-hybridized carbons (Fsp3) is 0.231. The summed E-state index contributed by atoms with van der Waals surface area (Å²) in [4.78, 5) is 20.9. The molecule has 0 amide bonds. The van der Waals surface area contributed by atoms with Crippen LogP contribution in [0.5, 0.6) is 0 Å². The minimum absolute atomic E-state index is 0.0161. The Bertz CT molecular complexity index is 1300.